The lowest BCUT2D eigenvalue weighted by molar-refractivity contribution is -0.383. The largest absolute Gasteiger partial charge is 0.319 e. The predicted molar refractivity (Wildman–Crippen MR) is 52.2 cm³/mol. The van der Waals surface area contributed by atoms with Crippen LogP contribution in [0.4, 0.5) is 5.69 Å². The van der Waals surface area contributed by atoms with Gasteiger partial charge in [-0.2, -0.15) is 0 Å². The summed E-state index contributed by atoms with van der Waals surface area (Å²) in [4.78, 5) is 10.0. The summed E-state index contributed by atoms with van der Waals surface area (Å²) in [6.45, 7) is 3.05. The molecule has 0 N–H and O–H groups in total. The molecular weight excluding hydrogens is 189 g/mol. The first-order valence-corrected chi connectivity index (χ1v) is 6.32. The van der Waals surface area contributed by atoms with Crippen molar-refractivity contribution >= 4 is 18.1 Å². The van der Waals surface area contributed by atoms with Gasteiger partial charge in [0.2, 0.25) is 0 Å². The van der Waals surface area contributed by atoms with Crippen molar-refractivity contribution in [3.05, 3.63) is 34.4 Å². The number of hydrogen-bond donors (Lipinski definition) is 0. The van der Waals surface area contributed by atoms with Crippen LogP contribution >= 0.6 is 7.14 Å². The van der Waals surface area contributed by atoms with Crippen molar-refractivity contribution in [2.45, 2.75) is 0 Å². The highest BCUT2D eigenvalue weighted by Crippen LogP contribution is 2.37. The van der Waals surface area contributed by atoms with Gasteiger partial charge >= 0.3 is 0 Å². The molecule has 0 saturated heterocycles. The Hall–Kier alpha value is -1.15. The van der Waals surface area contributed by atoms with E-state index in [4.69, 9.17) is 0 Å². The van der Waals surface area contributed by atoms with Gasteiger partial charge in [0.1, 0.15) is 7.14 Å². The summed E-state index contributed by atoms with van der Waals surface area (Å²) in [6.07, 6.45) is 0. The molecule has 0 unspecified atom stereocenters. The van der Waals surface area contributed by atoms with E-state index in [1.807, 2.05) is 0 Å². The fourth-order valence-electron chi connectivity index (χ4n) is 1.07. The maximum absolute atomic E-state index is 11.6. The fourth-order valence-corrected chi connectivity index (χ4v) is 2.23. The standard InChI is InChI=1S/C8H10NO3P/c1-13(2,12)8-6-4-3-5-7(8)9(10)11/h3-6H,1-2H3. The number of benzene rings is 1. The average molecular weight is 199 g/mol. The van der Waals surface area contributed by atoms with Crippen molar-refractivity contribution in [3.8, 4) is 0 Å². The van der Waals surface area contributed by atoms with Crippen LogP contribution < -0.4 is 5.30 Å². The molecule has 0 aromatic heterocycles. The van der Waals surface area contributed by atoms with Crippen LogP contribution in [0.3, 0.4) is 0 Å². The van der Waals surface area contributed by atoms with E-state index in [1.165, 1.54) is 19.4 Å². The van der Waals surface area contributed by atoms with E-state index >= 15 is 0 Å². The first-order chi connectivity index (χ1) is 5.93. The van der Waals surface area contributed by atoms with Crippen molar-refractivity contribution in [1.29, 1.82) is 0 Å². The molecule has 0 fully saturated rings. The maximum atomic E-state index is 11.6. The van der Waals surface area contributed by atoms with Crippen LogP contribution in [0.15, 0.2) is 24.3 Å². The maximum Gasteiger partial charge on any atom is 0.280 e. The molecule has 1 aromatic rings. The zero-order valence-corrected chi connectivity index (χ0v) is 8.32. The van der Waals surface area contributed by atoms with E-state index in [-0.39, 0.29) is 5.69 Å². The van der Waals surface area contributed by atoms with Crippen molar-refractivity contribution < 1.29 is 9.49 Å². The van der Waals surface area contributed by atoms with Crippen molar-refractivity contribution in [2.24, 2.45) is 0 Å². The van der Waals surface area contributed by atoms with E-state index in [9.17, 15) is 14.7 Å². The third-order valence-electron chi connectivity index (χ3n) is 1.66. The Labute approximate surface area is 76.1 Å². The Bertz CT molecular complexity index is 383. The van der Waals surface area contributed by atoms with Crippen LogP contribution in [0.5, 0.6) is 0 Å². The zero-order chi connectivity index (χ0) is 10.1. The smallest absolute Gasteiger partial charge is 0.280 e. The van der Waals surface area contributed by atoms with Crippen molar-refractivity contribution in [3.63, 3.8) is 0 Å². The van der Waals surface area contributed by atoms with Gasteiger partial charge in [-0.3, -0.25) is 10.1 Å². The Morgan fingerprint density at radius 2 is 1.85 bits per heavy atom. The summed E-state index contributed by atoms with van der Waals surface area (Å²) in [5.41, 5.74) is -0.0594. The highest BCUT2D eigenvalue weighted by molar-refractivity contribution is 7.70. The summed E-state index contributed by atoms with van der Waals surface area (Å²) in [5, 5.41) is 10.9. The zero-order valence-electron chi connectivity index (χ0n) is 7.43. The number of hydrogen-bond acceptors (Lipinski definition) is 3. The van der Waals surface area contributed by atoms with Crippen LogP contribution in [0.1, 0.15) is 0 Å². The lowest BCUT2D eigenvalue weighted by Crippen LogP contribution is -2.08. The first-order valence-electron chi connectivity index (χ1n) is 3.72. The first kappa shape index (κ1) is 9.93. The topological polar surface area (TPSA) is 60.2 Å². The van der Waals surface area contributed by atoms with Crippen molar-refractivity contribution in [2.75, 3.05) is 13.3 Å². The number of nitro groups is 1. The SMILES string of the molecule is CP(C)(=O)c1ccccc1[N+](=O)[O-]. The van der Waals surface area contributed by atoms with Gasteiger partial charge in [0.25, 0.3) is 5.69 Å². The Balaban J connectivity index is 3.37. The van der Waals surface area contributed by atoms with Gasteiger partial charge < -0.3 is 4.57 Å². The van der Waals surface area contributed by atoms with Crippen LogP contribution in [0.2, 0.25) is 0 Å². The van der Waals surface area contributed by atoms with Gasteiger partial charge in [0, 0.05) is 6.07 Å². The van der Waals surface area contributed by atoms with E-state index in [0.717, 1.165) is 0 Å². The third-order valence-corrected chi connectivity index (χ3v) is 3.20. The second-order valence-electron chi connectivity index (χ2n) is 3.10. The highest BCUT2D eigenvalue weighted by Gasteiger charge is 2.22. The van der Waals surface area contributed by atoms with Gasteiger partial charge in [0.15, 0.2) is 0 Å². The molecule has 0 bridgehead atoms. The second kappa shape index (κ2) is 3.30. The van der Waals surface area contributed by atoms with Gasteiger partial charge in [-0.15, -0.1) is 0 Å². The summed E-state index contributed by atoms with van der Waals surface area (Å²) in [7, 11) is -2.55. The van der Waals surface area contributed by atoms with Gasteiger partial charge in [-0.05, 0) is 19.4 Å². The molecule has 0 aliphatic carbocycles. The summed E-state index contributed by atoms with van der Waals surface area (Å²) < 4.78 is 11.6. The number of para-hydroxylation sites is 1. The Morgan fingerprint density at radius 3 is 2.23 bits per heavy atom. The minimum absolute atomic E-state index is 0.0594. The van der Waals surface area contributed by atoms with Gasteiger partial charge in [-0.25, -0.2) is 0 Å². The molecule has 70 valence electrons. The molecule has 0 heterocycles. The molecule has 0 radical (unpaired) electrons. The van der Waals surface area contributed by atoms with Crippen LogP contribution in [0.25, 0.3) is 0 Å². The summed E-state index contributed by atoms with van der Waals surface area (Å²) in [5.74, 6) is 0. The lowest BCUT2D eigenvalue weighted by Gasteiger charge is -2.06. The molecule has 1 rings (SSSR count). The molecule has 0 spiro atoms. The second-order valence-corrected chi connectivity index (χ2v) is 6.28. The Kier molecular flexibility index (Phi) is 2.52. The van der Waals surface area contributed by atoms with E-state index in [2.05, 4.69) is 0 Å². The van der Waals surface area contributed by atoms with Crippen molar-refractivity contribution in [1.82, 2.24) is 0 Å². The molecule has 0 atom stereocenters. The summed E-state index contributed by atoms with van der Waals surface area (Å²) in [6, 6.07) is 6.13. The predicted octanol–water partition coefficient (Wildman–Crippen LogP) is 1.84. The van der Waals surface area contributed by atoms with E-state index in [0.29, 0.717) is 5.30 Å². The quantitative estimate of drug-likeness (QED) is 0.414. The minimum Gasteiger partial charge on any atom is -0.319 e. The molecule has 1 aromatic carbocycles. The van der Waals surface area contributed by atoms with Crippen LogP contribution in [0, 0.1) is 10.1 Å². The Morgan fingerprint density at radius 1 is 1.31 bits per heavy atom. The molecule has 0 aliphatic heterocycles. The van der Waals surface area contributed by atoms with E-state index < -0.39 is 12.1 Å². The van der Waals surface area contributed by atoms with Gasteiger partial charge in [-0.1, -0.05) is 12.1 Å². The molecular formula is C8H10NO3P. The lowest BCUT2D eigenvalue weighted by atomic mass is 10.3. The van der Waals surface area contributed by atoms with Gasteiger partial charge in [0.05, 0.1) is 10.2 Å². The number of rotatable bonds is 2. The third kappa shape index (κ3) is 2.16. The normalized spacial score (nSPS) is 11.2. The van der Waals surface area contributed by atoms with E-state index in [1.54, 1.807) is 18.2 Å². The molecule has 5 heteroatoms. The monoisotopic (exact) mass is 199 g/mol. The van der Waals surface area contributed by atoms with Crippen LogP contribution in [-0.2, 0) is 4.57 Å². The molecule has 4 nitrogen and oxygen atoms in total. The summed E-state index contributed by atoms with van der Waals surface area (Å²) >= 11 is 0. The minimum atomic E-state index is -2.55. The molecule has 0 aliphatic rings. The molecule has 13 heavy (non-hydrogen) atoms. The molecule has 0 saturated carbocycles. The number of nitro benzene ring substituents is 1. The highest BCUT2D eigenvalue weighted by atomic mass is 31.2. The average Bonchev–Trinajstić information content (AvgIpc) is 2.03. The number of nitrogens with zero attached hydrogens (tertiary/aromatic N) is 1. The fraction of sp³-hybridized carbons (Fsp3) is 0.250. The molecule has 0 amide bonds. The van der Waals surface area contributed by atoms with Crippen LogP contribution in [-0.4, -0.2) is 18.3 Å².